The fraction of sp³-hybridized carbons (Fsp3) is 0.316. The van der Waals surface area contributed by atoms with Crippen LogP contribution in [0.5, 0.6) is 0 Å². The minimum absolute atomic E-state index is 0.159. The average molecular weight is 362 g/mol. The number of carbonyl (C=O) groups excluding carboxylic acids is 1. The Morgan fingerprint density at radius 2 is 1.84 bits per heavy atom. The van der Waals surface area contributed by atoms with Gasteiger partial charge in [0.25, 0.3) is 0 Å². The second-order valence-electron chi connectivity index (χ2n) is 6.32. The first kappa shape index (κ1) is 17.5. The highest BCUT2D eigenvalue weighted by Crippen LogP contribution is 2.28. The fourth-order valence-corrected chi connectivity index (χ4v) is 3.47. The summed E-state index contributed by atoms with van der Waals surface area (Å²) in [6, 6.07) is 10.2. The van der Waals surface area contributed by atoms with Gasteiger partial charge >= 0.3 is 6.03 Å². The smallest absolute Gasteiger partial charge is 0.322 e. The van der Waals surface area contributed by atoms with Gasteiger partial charge in [0.1, 0.15) is 5.82 Å². The molecule has 0 aliphatic carbocycles. The van der Waals surface area contributed by atoms with Crippen LogP contribution in [-0.4, -0.2) is 37.1 Å². The molecule has 6 heteroatoms. The van der Waals surface area contributed by atoms with Crippen molar-refractivity contribution < 1.29 is 9.18 Å². The van der Waals surface area contributed by atoms with Crippen LogP contribution in [0.25, 0.3) is 0 Å². The van der Waals surface area contributed by atoms with Crippen molar-refractivity contribution in [3.63, 3.8) is 0 Å². The zero-order valence-corrected chi connectivity index (χ0v) is 15.1. The van der Waals surface area contributed by atoms with Gasteiger partial charge in [0, 0.05) is 31.9 Å². The maximum absolute atomic E-state index is 13.4. The van der Waals surface area contributed by atoms with Gasteiger partial charge in [0.2, 0.25) is 0 Å². The van der Waals surface area contributed by atoms with Gasteiger partial charge in [0.15, 0.2) is 0 Å². The van der Waals surface area contributed by atoms with E-state index in [2.05, 4.69) is 10.2 Å². The lowest BCUT2D eigenvalue weighted by Crippen LogP contribution is -2.50. The van der Waals surface area contributed by atoms with Gasteiger partial charge in [0.05, 0.1) is 10.7 Å². The molecular formula is C19H21ClFN3O. The molecule has 1 N–H and O–H groups in total. The van der Waals surface area contributed by atoms with Gasteiger partial charge in [-0.1, -0.05) is 23.7 Å². The van der Waals surface area contributed by atoms with Crippen molar-refractivity contribution in [2.24, 2.45) is 0 Å². The van der Waals surface area contributed by atoms with E-state index < -0.39 is 0 Å². The number of piperazine rings is 1. The Morgan fingerprint density at radius 3 is 2.48 bits per heavy atom. The Kier molecular flexibility index (Phi) is 5.13. The van der Waals surface area contributed by atoms with Crippen LogP contribution in [0.2, 0.25) is 5.02 Å². The molecule has 0 atom stereocenters. The van der Waals surface area contributed by atoms with Crippen molar-refractivity contribution in [1.29, 1.82) is 0 Å². The summed E-state index contributed by atoms with van der Waals surface area (Å²) in [5.41, 5.74) is 3.50. The molecule has 0 bridgehead atoms. The van der Waals surface area contributed by atoms with E-state index in [1.807, 2.05) is 32.0 Å². The van der Waals surface area contributed by atoms with Crippen molar-refractivity contribution in [3.05, 3.63) is 58.4 Å². The molecule has 2 amide bonds. The lowest BCUT2D eigenvalue weighted by molar-refractivity contribution is 0.208. The quantitative estimate of drug-likeness (QED) is 0.857. The van der Waals surface area contributed by atoms with E-state index in [0.29, 0.717) is 36.9 Å². The summed E-state index contributed by atoms with van der Waals surface area (Å²) >= 11 is 6.26. The maximum atomic E-state index is 13.4. The molecule has 0 unspecified atom stereocenters. The molecule has 1 aliphatic heterocycles. The molecule has 1 fully saturated rings. The van der Waals surface area contributed by atoms with Gasteiger partial charge in [-0.15, -0.1) is 0 Å². The lowest BCUT2D eigenvalue weighted by Gasteiger charge is -2.36. The molecule has 0 saturated carbocycles. The van der Waals surface area contributed by atoms with E-state index in [1.165, 1.54) is 12.1 Å². The van der Waals surface area contributed by atoms with Crippen molar-refractivity contribution in [2.75, 3.05) is 36.4 Å². The summed E-state index contributed by atoms with van der Waals surface area (Å²) in [5.74, 6) is -0.248. The number of carbonyl (C=O) groups is 1. The van der Waals surface area contributed by atoms with Gasteiger partial charge in [-0.2, -0.15) is 0 Å². The Balaban J connectivity index is 1.62. The number of amides is 2. The molecule has 0 radical (unpaired) electrons. The molecular weight excluding hydrogens is 341 g/mol. The summed E-state index contributed by atoms with van der Waals surface area (Å²) in [7, 11) is 0. The molecule has 3 rings (SSSR count). The minimum atomic E-state index is -0.248. The molecule has 132 valence electrons. The number of aryl methyl sites for hydroxylation is 2. The van der Waals surface area contributed by atoms with E-state index in [1.54, 1.807) is 11.0 Å². The number of hydrogen-bond donors (Lipinski definition) is 1. The van der Waals surface area contributed by atoms with Crippen LogP contribution in [0.4, 0.5) is 20.6 Å². The third-order valence-electron chi connectivity index (χ3n) is 4.40. The number of halogens is 2. The normalized spacial score (nSPS) is 14.6. The van der Waals surface area contributed by atoms with Crippen LogP contribution in [0.1, 0.15) is 11.1 Å². The molecule has 2 aromatic carbocycles. The van der Waals surface area contributed by atoms with Gasteiger partial charge < -0.3 is 15.1 Å². The molecule has 1 aliphatic rings. The highest BCUT2D eigenvalue weighted by atomic mass is 35.5. The third-order valence-corrected chi connectivity index (χ3v) is 4.70. The van der Waals surface area contributed by atoms with Gasteiger partial charge in [-0.3, -0.25) is 0 Å². The Bertz CT molecular complexity index is 765. The first-order valence-electron chi connectivity index (χ1n) is 8.27. The molecule has 1 saturated heterocycles. The van der Waals surface area contributed by atoms with Crippen LogP contribution >= 0.6 is 11.6 Å². The van der Waals surface area contributed by atoms with Crippen molar-refractivity contribution in [2.45, 2.75) is 13.8 Å². The Morgan fingerprint density at radius 1 is 1.12 bits per heavy atom. The van der Waals surface area contributed by atoms with Crippen LogP contribution in [0.3, 0.4) is 0 Å². The highest BCUT2D eigenvalue weighted by molar-refractivity contribution is 6.34. The first-order valence-corrected chi connectivity index (χ1v) is 8.65. The van der Waals surface area contributed by atoms with E-state index >= 15 is 0 Å². The molecule has 0 spiro atoms. The van der Waals surface area contributed by atoms with Crippen LogP contribution in [0.15, 0.2) is 36.4 Å². The number of hydrogen-bond acceptors (Lipinski definition) is 2. The van der Waals surface area contributed by atoms with Crippen molar-refractivity contribution >= 4 is 29.0 Å². The number of nitrogens with zero attached hydrogens (tertiary/aromatic N) is 2. The standard InChI is InChI=1S/C19H21ClFN3O/c1-13-10-14(2)18(17(20)11-13)22-19(25)24-8-6-23(7-9-24)16-5-3-4-15(21)12-16/h3-5,10-12H,6-9H2,1-2H3,(H,22,25). The monoisotopic (exact) mass is 361 g/mol. The van der Waals surface area contributed by atoms with Crippen molar-refractivity contribution in [1.82, 2.24) is 4.90 Å². The number of benzene rings is 2. The molecule has 1 heterocycles. The maximum Gasteiger partial charge on any atom is 0.322 e. The molecule has 25 heavy (non-hydrogen) atoms. The minimum Gasteiger partial charge on any atom is -0.368 e. The van der Waals surface area contributed by atoms with Crippen LogP contribution < -0.4 is 10.2 Å². The largest absolute Gasteiger partial charge is 0.368 e. The average Bonchev–Trinajstić information content (AvgIpc) is 2.58. The third kappa shape index (κ3) is 4.04. The zero-order chi connectivity index (χ0) is 18.0. The summed E-state index contributed by atoms with van der Waals surface area (Å²) in [6.07, 6.45) is 0. The lowest BCUT2D eigenvalue weighted by atomic mass is 10.1. The van der Waals surface area contributed by atoms with Crippen molar-refractivity contribution in [3.8, 4) is 0 Å². The molecule has 0 aromatic heterocycles. The SMILES string of the molecule is Cc1cc(C)c(NC(=O)N2CCN(c3cccc(F)c3)CC2)c(Cl)c1. The van der Waals surface area contributed by atoms with E-state index in [9.17, 15) is 9.18 Å². The summed E-state index contributed by atoms with van der Waals surface area (Å²) < 4.78 is 13.4. The van der Waals surface area contributed by atoms with E-state index in [0.717, 1.165) is 16.8 Å². The van der Waals surface area contributed by atoms with Crippen LogP contribution in [0, 0.1) is 19.7 Å². The summed E-state index contributed by atoms with van der Waals surface area (Å²) in [4.78, 5) is 16.4. The van der Waals surface area contributed by atoms with E-state index in [-0.39, 0.29) is 11.8 Å². The number of anilines is 2. The van der Waals surface area contributed by atoms with Gasteiger partial charge in [-0.05, 0) is 49.2 Å². The molecule has 2 aromatic rings. The topological polar surface area (TPSA) is 35.6 Å². The Hall–Kier alpha value is -2.27. The Labute approximate surface area is 152 Å². The zero-order valence-electron chi connectivity index (χ0n) is 14.4. The summed E-state index contributed by atoms with van der Waals surface area (Å²) in [5, 5.41) is 3.46. The number of rotatable bonds is 2. The molecule has 4 nitrogen and oxygen atoms in total. The fourth-order valence-electron chi connectivity index (χ4n) is 3.10. The second kappa shape index (κ2) is 7.31. The van der Waals surface area contributed by atoms with E-state index in [4.69, 9.17) is 11.6 Å². The predicted molar refractivity (Wildman–Crippen MR) is 100 cm³/mol. The predicted octanol–water partition coefficient (Wildman–Crippen LogP) is 4.45. The highest BCUT2D eigenvalue weighted by Gasteiger charge is 2.22. The van der Waals surface area contributed by atoms with Gasteiger partial charge in [-0.25, -0.2) is 9.18 Å². The second-order valence-corrected chi connectivity index (χ2v) is 6.73. The first-order chi connectivity index (χ1) is 11.9. The number of nitrogens with one attached hydrogen (secondary N) is 1. The number of urea groups is 1. The van der Waals surface area contributed by atoms with Crippen LogP contribution in [-0.2, 0) is 0 Å². The summed E-state index contributed by atoms with van der Waals surface area (Å²) in [6.45, 7) is 6.37.